The molecule has 50 heavy (non-hydrogen) atoms. The number of nitrogens with one attached hydrogen (secondary N) is 2. The van der Waals surface area contributed by atoms with Gasteiger partial charge in [-0.2, -0.15) is 0 Å². The number of benzene rings is 3. The standard InChI is InChI=1S/C40H50N8O2/c1-29(2)39(49)41-37(33-17-7-5-8-18-33)35-27-47(45-43-35)25-13-11-15-31-21-23-32(24-22-31)16-12-14-26-48-28-36(44-46-48)38(42-40(50)30(3)4)34-19-9-6-10-20-34/h5-10,17-24,27-30,37-38H,11-16,25-26H2,1-4H3,(H,41,49)(H,42,50). The zero-order valence-electron chi connectivity index (χ0n) is 29.7. The van der Waals surface area contributed by atoms with Crippen LogP contribution >= 0.6 is 0 Å². The molecular weight excluding hydrogens is 624 g/mol. The SMILES string of the molecule is CC(C)C(=O)NC(c1ccccc1)c1cn(CCCCc2ccc(CCCCn3cc(C(NC(=O)C(C)C)c4ccccc4)nn3)cc2)nn1. The Balaban J connectivity index is 1.03. The number of amides is 2. The molecule has 0 aliphatic carbocycles. The van der Waals surface area contributed by atoms with E-state index in [1.165, 1.54) is 11.1 Å². The Morgan fingerprint density at radius 3 is 1.30 bits per heavy atom. The zero-order chi connectivity index (χ0) is 35.3. The number of carbonyl (C=O) groups excluding carboxylic acids is 2. The minimum Gasteiger partial charge on any atom is -0.343 e. The second-order valence-electron chi connectivity index (χ2n) is 13.6. The highest BCUT2D eigenvalue weighted by Gasteiger charge is 2.22. The second kappa shape index (κ2) is 18.0. The van der Waals surface area contributed by atoms with E-state index in [0.29, 0.717) is 0 Å². The van der Waals surface area contributed by atoms with Crippen LogP contribution in [0.15, 0.2) is 97.3 Å². The Labute approximate surface area is 295 Å². The Bertz CT molecular complexity index is 1630. The lowest BCUT2D eigenvalue weighted by Gasteiger charge is -2.18. The highest BCUT2D eigenvalue weighted by atomic mass is 16.2. The molecule has 0 saturated carbocycles. The largest absolute Gasteiger partial charge is 0.343 e. The summed E-state index contributed by atoms with van der Waals surface area (Å²) in [4.78, 5) is 25.0. The molecule has 3 aromatic carbocycles. The van der Waals surface area contributed by atoms with Crippen molar-refractivity contribution in [1.82, 2.24) is 40.6 Å². The van der Waals surface area contributed by atoms with Gasteiger partial charge in [0.05, 0.1) is 24.5 Å². The number of nitrogens with zero attached hydrogens (tertiary/aromatic N) is 6. The Hall–Kier alpha value is -5.12. The first kappa shape index (κ1) is 36.2. The summed E-state index contributed by atoms with van der Waals surface area (Å²) >= 11 is 0. The normalized spacial score (nSPS) is 12.6. The summed E-state index contributed by atoms with van der Waals surface area (Å²) in [5.74, 6) is -0.250. The van der Waals surface area contributed by atoms with Crippen LogP contribution in [-0.2, 0) is 35.5 Å². The first-order valence-corrected chi connectivity index (χ1v) is 17.9. The van der Waals surface area contributed by atoms with Crippen LogP contribution in [0.2, 0.25) is 0 Å². The molecule has 0 bridgehead atoms. The molecule has 2 aromatic heterocycles. The average molecular weight is 675 g/mol. The van der Waals surface area contributed by atoms with Crippen LogP contribution in [0, 0.1) is 11.8 Å². The van der Waals surface area contributed by atoms with Gasteiger partial charge in [0, 0.05) is 24.9 Å². The Morgan fingerprint density at radius 2 is 0.940 bits per heavy atom. The van der Waals surface area contributed by atoms with E-state index in [1.807, 2.05) is 110 Å². The van der Waals surface area contributed by atoms with Gasteiger partial charge in [-0.1, -0.05) is 123 Å². The van der Waals surface area contributed by atoms with Gasteiger partial charge in [-0.25, -0.2) is 0 Å². The lowest BCUT2D eigenvalue weighted by Crippen LogP contribution is -2.32. The summed E-state index contributed by atoms with van der Waals surface area (Å²) < 4.78 is 3.75. The predicted octanol–water partition coefficient (Wildman–Crippen LogP) is 6.64. The third kappa shape index (κ3) is 10.4. The van der Waals surface area contributed by atoms with Gasteiger partial charge in [-0.15, -0.1) is 10.2 Å². The molecule has 5 rings (SSSR count). The predicted molar refractivity (Wildman–Crippen MR) is 195 cm³/mol. The monoisotopic (exact) mass is 674 g/mol. The third-order valence-electron chi connectivity index (χ3n) is 8.82. The molecule has 2 atom stereocenters. The van der Waals surface area contributed by atoms with Gasteiger partial charge in [-0.05, 0) is 60.8 Å². The molecule has 2 amide bonds. The number of aryl methyl sites for hydroxylation is 4. The quantitative estimate of drug-likeness (QED) is 0.101. The van der Waals surface area contributed by atoms with Crippen LogP contribution in [0.1, 0.15) is 99.1 Å². The second-order valence-corrected chi connectivity index (χ2v) is 13.6. The molecular formula is C40H50N8O2. The maximum absolute atomic E-state index is 12.5. The van der Waals surface area contributed by atoms with Crippen molar-refractivity contribution in [1.29, 1.82) is 0 Å². The summed E-state index contributed by atoms with van der Waals surface area (Å²) in [6, 6.07) is 28.1. The summed E-state index contributed by atoms with van der Waals surface area (Å²) in [6.45, 7) is 9.11. The van der Waals surface area contributed by atoms with Crippen LogP contribution < -0.4 is 10.6 Å². The van der Waals surface area contributed by atoms with Crippen molar-refractivity contribution in [3.63, 3.8) is 0 Å². The van der Waals surface area contributed by atoms with Crippen LogP contribution in [0.5, 0.6) is 0 Å². The fourth-order valence-electron chi connectivity index (χ4n) is 5.75. The van der Waals surface area contributed by atoms with Crippen molar-refractivity contribution >= 4 is 11.8 Å². The maximum atomic E-state index is 12.5. The van der Waals surface area contributed by atoms with Gasteiger partial charge in [0.1, 0.15) is 11.4 Å². The first-order valence-electron chi connectivity index (χ1n) is 17.9. The zero-order valence-corrected chi connectivity index (χ0v) is 29.7. The van der Waals surface area contributed by atoms with E-state index in [9.17, 15) is 9.59 Å². The van der Waals surface area contributed by atoms with E-state index < -0.39 is 0 Å². The lowest BCUT2D eigenvalue weighted by atomic mass is 10.0. The summed E-state index contributed by atoms with van der Waals surface area (Å²) in [7, 11) is 0. The molecule has 262 valence electrons. The van der Waals surface area contributed by atoms with E-state index in [1.54, 1.807) is 0 Å². The number of aromatic nitrogens is 6. The van der Waals surface area contributed by atoms with Gasteiger partial charge in [-0.3, -0.25) is 19.0 Å². The molecule has 2 heterocycles. The van der Waals surface area contributed by atoms with Crippen LogP contribution in [0.3, 0.4) is 0 Å². The van der Waals surface area contributed by atoms with Crippen molar-refractivity contribution in [2.24, 2.45) is 11.8 Å². The molecule has 0 fully saturated rings. The summed E-state index contributed by atoms with van der Waals surface area (Å²) in [5, 5.41) is 23.8. The van der Waals surface area contributed by atoms with Crippen molar-refractivity contribution in [3.05, 3.63) is 131 Å². The van der Waals surface area contributed by atoms with Crippen LogP contribution in [-0.4, -0.2) is 41.8 Å². The number of hydrogen-bond acceptors (Lipinski definition) is 6. The molecule has 5 aromatic rings. The molecule has 2 unspecified atom stereocenters. The highest BCUT2D eigenvalue weighted by Crippen LogP contribution is 2.22. The van der Waals surface area contributed by atoms with Gasteiger partial charge < -0.3 is 10.6 Å². The van der Waals surface area contributed by atoms with E-state index in [2.05, 4.69) is 55.5 Å². The molecule has 10 nitrogen and oxygen atoms in total. The van der Waals surface area contributed by atoms with E-state index in [4.69, 9.17) is 0 Å². The molecule has 0 radical (unpaired) electrons. The highest BCUT2D eigenvalue weighted by molar-refractivity contribution is 5.79. The van der Waals surface area contributed by atoms with Crippen molar-refractivity contribution in [3.8, 4) is 0 Å². The topological polar surface area (TPSA) is 120 Å². The van der Waals surface area contributed by atoms with Crippen molar-refractivity contribution in [2.75, 3.05) is 0 Å². The first-order chi connectivity index (χ1) is 24.3. The van der Waals surface area contributed by atoms with Crippen molar-refractivity contribution < 1.29 is 9.59 Å². The molecule has 0 saturated heterocycles. The number of rotatable bonds is 18. The molecule has 2 N–H and O–H groups in total. The van der Waals surface area contributed by atoms with E-state index >= 15 is 0 Å². The molecule has 0 aliphatic rings. The Morgan fingerprint density at radius 1 is 0.560 bits per heavy atom. The fourth-order valence-corrected chi connectivity index (χ4v) is 5.75. The summed E-state index contributed by atoms with van der Waals surface area (Å²) in [6.07, 6.45) is 9.98. The third-order valence-corrected chi connectivity index (χ3v) is 8.82. The van der Waals surface area contributed by atoms with Crippen LogP contribution in [0.25, 0.3) is 0 Å². The number of unbranched alkanes of at least 4 members (excludes halogenated alkanes) is 2. The fraction of sp³-hybridized carbons (Fsp3) is 0.400. The van der Waals surface area contributed by atoms with Gasteiger partial charge >= 0.3 is 0 Å². The van der Waals surface area contributed by atoms with Gasteiger partial charge in [0.25, 0.3) is 0 Å². The smallest absolute Gasteiger partial charge is 0.223 e. The van der Waals surface area contributed by atoms with Crippen LogP contribution in [0.4, 0.5) is 0 Å². The minimum atomic E-state index is -0.323. The molecule has 10 heteroatoms. The summed E-state index contributed by atoms with van der Waals surface area (Å²) in [5.41, 5.74) is 6.14. The minimum absolute atomic E-state index is 0.0107. The number of hydrogen-bond donors (Lipinski definition) is 2. The van der Waals surface area contributed by atoms with E-state index in [0.717, 1.165) is 74.1 Å². The van der Waals surface area contributed by atoms with E-state index in [-0.39, 0.29) is 35.7 Å². The molecule has 0 spiro atoms. The van der Waals surface area contributed by atoms with Gasteiger partial charge in [0.15, 0.2) is 0 Å². The lowest BCUT2D eigenvalue weighted by molar-refractivity contribution is -0.125. The maximum Gasteiger partial charge on any atom is 0.223 e. The average Bonchev–Trinajstić information content (AvgIpc) is 3.81. The van der Waals surface area contributed by atoms with Gasteiger partial charge in [0.2, 0.25) is 11.8 Å². The van der Waals surface area contributed by atoms with Crippen molar-refractivity contribution in [2.45, 2.75) is 91.4 Å². The molecule has 0 aliphatic heterocycles. The number of carbonyl (C=O) groups is 2. The Kier molecular flexibility index (Phi) is 13.0.